The maximum atomic E-state index is 12.5. The number of hydrogen-bond acceptors (Lipinski definition) is 6. The number of benzene rings is 1. The number of ether oxygens (including phenoxy) is 1. The molecule has 0 bridgehead atoms. The Labute approximate surface area is 219 Å². The van der Waals surface area contributed by atoms with Gasteiger partial charge in [0.2, 0.25) is 0 Å². The predicted octanol–water partition coefficient (Wildman–Crippen LogP) is 4.71. The Bertz CT molecular complexity index is 1080. The van der Waals surface area contributed by atoms with Gasteiger partial charge < -0.3 is 20.0 Å². The van der Waals surface area contributed by atoms with E-state index in [-0.39, 0.29) is 23.5 Å². The van der Waals surface area contributed by atoms with Crippen LogP contribution in [0.3, 0.4) is 0 Å². The third-order valence-corrected chi connectivity index (χ3v) is 10.2. The van der Waals surface area contributed by atoms with E-state index in [0.29, 0.717) is 23.3 Å². The molecule has 3 saturated carbocycles. The van der Waals surface area contributed by atoms with Crippen LogP contribution in [-0.2, 0) is 19.2 Å². The maximum Gasteiger partial charge on any atom is 0.333 e. The zero-order chi connectivity index (χ0) is 26.2. The Morgan fingerprint density at radius 1 is 1.08 bits per heavy atom. The Morgan fingerprint density at radius 3 is 2.62 bits per heavy atom. The van der Waals surface area contributed by atoms with Gasteiger partial charge in [0.05, 0.1) is 18.9 Å². The van der Waals surface area contributed by atoms with Gasteiger partial charge in [0.1, 0.15) is 0 Å². The number of allylic oxidation sites excluding steroid dienone is 2. The second-order valence-electron chi connectivity index (χ2n) is 11.9. The van der Waals surface area contributed by atoms with Gasteiger partial charge >= 0.3 is 5.97 Å². The molecule has 5 rings (SSSR count). The number of aliphatic hydroxyl groups excluding tert-OH is 1. The lowest BCUT2D eigenvalue weighted by Crippen LogP contribution is -2.51. The Kier molecular flexibility index (Phi) is 7.18. The minimum atomic E-state index is -0.888. The zero-order valence-electron chi connectivity index (χ0n) is 22.2. The van der Waals surface area contributed by atoms with Gasteiger partial charge in [-0.05, 0) is 91.6 Å². The van der Waals surface area contributed by atoms with E-state index in [1.54, 1.807) is 24.3 Å². The summed E-state index contributed by atoms with van der Waals surface area (Å²) in [7, 11) is 1.30. The van der Waals surface area contributed by atoms with E-state index < -0.39 is 17.9 Å². The number of carbonyl (C=O) groups is 2. The van der Waals surface area contributed by atoms with Crippen LogP contribution in [0.2, 0.25) is 0 Å². The fraction of sp³-hybridized carbons (Fsp3) is 0.633. The van der Waals surface area contributed by atoms with Gasteiger partial charge in [-0.25, -0.2) is 4.79 Å². The molecule has 5 unspecified atom stereocenters. The Morgan fingerprint density at radius 2 is 1.86 bits per heavy atom. The van der Waals surface area contributed by atoms with Crippen LogP contribution in [0, 0.1) is 28.6 Å². The molecule has 0 aromatic heterocycles. The van der Waals surface area contributed by atoms with Gasteiger partial charge in [-0.3, -0.25) is 4.79 Å². The number of fused-ring (bicyclic) bond motifs is 5. The molecule has 1 amide bonds. The second-order valence-corrected chi connectivity index (χ2v) is 11.9. The van der Waals surface area contributed by atoms with Gasteiger partial charge in [-0.15, -0.1) is 0 Å². The second kappa shape index (κ2) is 10.2. The van der Waals surface area contributed by atoms with Crippen LogP contribution in [-0.4, -0.2) is 42.5 Å². The minimum absolute atomic E-state index is 0.0990. The number of oxime groups is 1. The van der Waals surface area contributed by atoms with Crippen LogP contribution in [0.15, 0.2) is 47.1 Å². The van der Waals surface area contributed by atoms with Gasteiger partial charge in [0.25, 0.3) is 5.91 Å². The lowest BCUT2D eigenvalue weighted by Gasteiger charge is -2.57. The number of esters is 1. The van der Waals surface area contributed by atoms with Crippen molar-refractivity contribution in [2.45, 2.75) is 77.4 Å². The van der Waals surface area contributed by atoms with Crippen LogP contribution in [0.1, 0.15) is 76.8 Å². The highest BCUT2D eigenvalue weighted by Gasteiger charge is 2.58. The molecule has 0 radical (unpaired) electrons. The summed E-state index contributed by atoms with van der Waals surface area (Å²) in [5, 5.41) is 17.7. The van der Waals surface area contributed by atoms with Crippen molar-refractivity contribution in [3.8, 4) is 0 Å². The van der Waals surface area contributed by atoms with Crippen LogP contribution in [0.4, 0.5) is 0 Å². The Hall–Kier alpha value is -2.67. The SMILES string of the molecule is COC(=O)C(NC(=O)CON=C1C=C2CCC3C4CCC(O)[C@@]4(C)CCC3[C@@]2(C)CC1)c1ccccc1. The normalized spacial score (nSPS) is 36.4. The first-order chi connectivity index (χ1) is 17.8. The van der Waals surface area contributed by atoms with Crippen LogP contribution < -0.4 is 5.32 Å². The molecule has 37 heavy (non-hydrogen) atoms. The van der Waals surface area contributed by atoms with Crippen molar-refractivity contribution in [2.24, 2.45) is 33.7 Å². The summed E-state index contributed by atoms with van der Waals surface area (Å²) < 4.78 is 4.86. The molecule has 4 aliphatic carbocycles. The van der Waals surface area contributed by atoms with Crippen LogP contribution in [0.5, 0.6) is 0 Å². The van der Waals surface area contributed by atoms with Gasteiger partial charge in [0.15, 0.2) is 12.6 Å². The number of aliphatic hydroxyl groups is 1. The maximum absolute atomic E-state index is 12.5. The molecule has 0 heterocycles. The molecule has 3 fully saturated rings. The van der Waals surface area contributed by atoms with E-state index in [9.17, 15) is 14.7 Å². The molecule has 1 aromatic carbocycles. The summed E-state index contributed by atoms with van der Waals surface area (Å²) in [5.74, 6) is 1.04. The molecule has 7 nitrogen and oxygen atoms in total. The quantitative estimate of drug-likeness (QED) is 0.428. The molecule has 7 heteroatoms. The molecule has 0 spiro atoms. The number of rotatable bonds is 6. The molecule has 7 atom stereocenters. The first kappa shape index (κ1) is 26.0. The number of amides is 1. The van der Waals surface area contributed by atoms with Gasteiger partial charge in [-0.2, -0.15) is 0 Å². The molecule has 200 valence electrons. The topological polar surface area (TPSA) is 97.2 Å². The smallest absolute Gasteiger partial charge is 0.333 e. The standard InChI is InChI=1S/C30H40N2O5/c1-29-15-13-21(32-37-18-26(34)31-27(28(35)36-3)19-7-5-4-6-8-19)17-20(29)9-10-22-23-11-12-25(33)30(23,2)16-14-24(22)29/h4-8,17,22-25,27,33H,9-16,18H2,1-3H3,(H,31,34)/t22?,23?,24?,25?,27?,29-,30-/m0/s1. The monoisotopic (exact) mass is 508 g/mol. The van der Waals surface area contributed by atoms with Crippen LogP contribution in [0.25, 0.3) is 0 Å². The van der Waals surface area contributed by atoms with E-state index in [1.807, 2.05) is 6.07 Å². The number of hydrogen-bond donors (Lipinski definition) is 2. The highest BCUT2D eigenvalue weighted by molar-refractivity contribution is 5.96. The third-order valence-electron chi connectivity index (χ3n) is 10.2. The average Bonchev–Trinajstić information content (AvgIpc) is 3.21. The molecule has 4 aliphatic rings. The van der Waals surface area contributed by atoms with Crippen molar-refractivity contribution < 1.29 is 24.3 Å². The number of nitrogens with one attached hydrogen (secondary N) is 1. The van der Waals surface area contributed by atoms with Crippen molar-refractivity contribution in [1.82, 2.24) is 5.32 Å². The van der Waals surface area contributed by atoms with Crippen molar-refractivity contribution in [3.63, 3.8) is 0 Å². The first-order valence-electron chi connectivity index (χ1n) is 13.8. The fourth-order valence-corrected chi connectivity index (χ4v) is 8.03. The molecule has 2 N–H and O–H groups in total. The average molecular weight is 509 g/mol. The third kappa shape index (κ3) is 4.71. The summed E-state index contributed by atoms with van der Waals surface area (Å²) in [6, 6.07) is 8.11. The van der Waals surface area contributed by atoms with E-state index in [4.69, 9.17) is 9.57 Å². The fourth-order valence-electron chi connectivity index (χ4n) is 8.03. The summed E-state index contributed by atoms with van der Waals surface area (Å²) in [6.07, 6.45) is 10.6. The highest BCUT2D eigenvalue weighted by Crippen LogP contribution is 2.65. The lowest BCUT2D eigenvalue weighted by molar-refractivity contribution is -0.145. The first-order valence-corrected chi connectivity index (χ1v) is 13.8. The zero-order valence-corrected chi connectivity index (χ0v) is 22.2. The molecule has 1 aromatic rings. The van der Waals surface area contributed by atoms with Gasteiger partial charge in [-0.1, -0.05) is 54.9 Å². The predicted molar refractivity (Wildman–Crippen MR) is 140 cm³/mol. The summed E-state index contributed by atoms with van der Waals surface area (Å²) >= 11 is 0. The van der Waals surface area contributed by atoms with E-state index >= 15 is 0 Å². The molecular weight excluding hydrogens is 468 g/mol. The number of carbonyl (C=O) groups excluding carboxylic acids is 2. The Balaban J connectivity index is 1.21. The summed E-state index contributed by atoms with van der Waals surface area (Å²) in [4.78, 5) is 30.2. The number of nitrogens with zero attached hydrogens (tertiary/aromatic N) is 1. The van der Waals surface area contributed by atoms with Crippen LogP contribution >= 0.6 is 0 Å². The largest absolute Gasteiger partial charge is 0.467 e. The van der Waals surface area contributed by atoms with Crippen molar-refractivity contribution in [1.29, 1.82) is 0 Å². The molecular formula is C30H40N2O5. The molecule has 0 aliphatic heterocycles. The number of methoxy groups -OCH3 is 1. The van der Waals surface area contributed by atoms with E-state index in [1.165, 1.54) is 25.5 Å². The minimum Gasteiger partial charge on any atom is -0.467 e. The van der Waals surface area contributed by atoms with Crippen molar-refractivity contribution in [3.05, 3.63) is 47.5 Å². The summed E-state index contributed by atoms with van der Waals surface area (Å²) in [6.45, 7) is 4.49. The highest BCUT2D eigenvalue weighted by atomic mass is 16.6. The van der Waals surface area contributed by atoms with E-state index in [2.05, 4.69) is 30.4 Å². The van der Waals surface area contributed by atoms with Crippen molar-refractivity contribution >= 4 is 17.6 Å². The van der Waals surface area contributed by atoms with Crippen molar-refractivity contribution in [2.75, 3.05) is 13.7 Å². The van der Waals surface area contributed by atoms with Gasteiger partial charge in [0, 0.05) is 0 Å². The lowest BCUT2D eigenvalue weighted by atomic mass is 9.47. The van der Waals surface area contributed by atoms with E-state index in [0.717, 1.165) is 44.2 Å². The molecule has 0 saturated heterocycles. The summed E-state index contributed by atoms with van der Waals surface area (Å²) in [5.41, 5.74) is 3.27.